The van der Waals surface area contributed by atoms with Gasteiger partial charge in [-0.05, 0) is 11.6 Å². The highest BCUT2D eigenvalue weighted by molar-refractivity contribution is 5.93. The van der Waals surface area contributed by atoms with Crippen LogP contribution in [0.15, 0.2) is 48.5 Å². The number of carbonyl (C=O) groups is 1. The normalized spacial score (nSPS) is 13.0. The maximum absolute atomic E-state index is 12.3. The van der Waals surface area contributed by atoms with Gasteiger partial charge in [0.1, 0.15) is 19.0 Å². The van der Waals surface area contributed by atoms with Crippen LogP contribution in [-0.2, 0) is 11.3 Å². The second-order valence-corrected chi connectivity index (χ2v) is 4.92. The Hall–Kier alpha value is -3.09. The molecule has 0 bridgehead atoms. The zero-order valence-corrected chi connectivity index (χ0v) is 12.2. The number of hydrogen-bond donors (Lipinski definition) is 0. The Kier molecular flexibility index (Phi) is 4.09. The van der Waals surface area contributed by atoms with Crippen LogP contribution < -0.4 is 9.64 Å². The molecular weight excluding hydrogens is 300 g/mol. The number of nitrogens with zero attached hydrogens (tertiary/aromatic N) is 2. The Bertz CT molecular complexity index is 733. The zero-order valence-electron chi connectivity index (χ0n) is 12.2. The highest BCUT2D eigenvalue weighted by Crippen LogP contribution is 2.39. The monoisotopic (exact) mass is 314 g/mol. The molecule has 0 saturated heterocycles. The fourth-order valence-corrected chi connectivity index (χ4v) is 2.38. The van der Waals surface area contributed by atoms with Crippen molar-refractivity contribution < 1.29 is 19.2 Å². The van der Waals surface area contributed by atoms with Gasteiger partial charge in [0, 0.05) is 6.07 Å². The van der Waals surface area contributed by atoms with Crippen molar-refractivity contribution in [3.8, 4) is 5.75 Å². The SMILES string of the molecule is O=C(OCc1ccccc1)N1CCOc2cccc([N+](=O)[O-])c21. The number of fused-ring (bicyclic) bond motifs is 1. The molecule has 1 aliphatic rings. The van der Waals surface area contributed by atoms with Crippen LogP contribution in [0, 0.1) is 10.1 Å². The van der Waals surface area contributed by atoms with Gasteiger partial charge in [-0.25, -0.2) is 4.79 Å². The van der Waals surface area contributed by atoms with Crippen LogP contribution in [0.2, 0.25) is 0 Å². The first kappa shape index (κ1) is 14.8. The predicted molar refractivity (Wildman–Crippen MR) is 82.6 cm³/mol. The molecule has 0 fully saturated rings. The van der Waals surface area contributed by atoms with Crippen LogP contribution in [-0.4, -0.2) is 24.2 Å². The summed E-state index contributed by atoms with van der Waals surface area (Å²) in [6.45, 7) is 0.563. The molecule has 23 heavy (non-hydrogen) atoms. The van der Waals surface area contributed by atoms with Gasteiger partial charge in [0.15, 0.2) is 5.69 Å². The Morgan fingerprint density at radius 1 is 1.22 bits per heavy atom. The molecule has 0 atom stereocenters. The summed E-state index contributed by atoms with van der Waals surface area (Å²) in [4.78, 5) is 24.2. The van der Waals surface area contributed by atoms with Crippen molar-refractivity contribution in [3.05, 3.63) is 64.2 Å². The van der Waals surface area contributed by atoms with E-state index in [0.29, 0.717) is 5.75 Å². The number of amides is 1. The molecule has 1 aliphatic heterocycles. The van der Waals surface area contributed by atoms with Gasteiger partial charge in [-0.3, -0.25) is 15.0 Å². The number of ether oxygens (including phenoxy) is 2. The first-order chi connectivity index (χ1) is 11.2. The summed E-state index contributed by atoms with van der Waals surface area (Å²) in [5.74, 6) is 0.308. The lowest BCUT2D eigenvalue weighted by atomic mass is 10.2. The average molecular weight is 314 g/mol. The number of nitro groups is 1. The molecule has 118 valence electrons. The van der Waals surface area contributed by atoms with Gasteiger partial charge in [-0.1, -0.05) is 36.4 Å². The Morgan fingerprint density at radius 3 is 2.74 bits per heavy atom. The first-order valence-electron chi connectivity index (χ1n) is 7.05. The number of rotatable bonds is 3. The fraction of sp³-hybridized carbons (Fsp3) is 0.188. The van der Waals surface area contributed by atoms with Gasteiger partial charge >= 0.3 is 6.09 Å². The second kappa shape index (κ2) is 6.35. The van der Waals surface area contributed by atoms with Gasteiger partial charge in [0.05, 0.1) is 11.5 Å². The second-order valence-electron chi connectivity index (χ2n) is 4.92. The molecule has 0 N–H and O–H groups in total. The van der Waals surface area contributed by atoms with E-state index in [1.807, 2.05) is 30.3 Å². The highest BCUT2D eigenvalue weighted by atomic mass is 16.6. The van der Waals surface area contributed by atoms with E-state index in [1.165, 1.54) is 17.0 Å². The van der Waals surface area contributed by atoms with E-state index < -0.39 is 11.0 Å². The average Bonchev–Trinajstić information content (AvgIpc) is 2.59. The molecule has 0 aliphatic carbocycles. The summed E-state index contributed by atoms with van der Waals surface area (Å²) in [7, 11) is 0. The molecule has 0 aromatic heterocycles. The number of carbonyl (C=O) groups excluding carboxylic acids is 1. The van der Waals surface area contributed by atoms with Crippen LogP contribution in [0.3, 0.4) is 0 Å². The van der Waals surface area contributed by atoms with Crippen LogP contribution in [0.4, 0.5) is 16.2 Å². The maximum Gasteiger partial charge on any atom is 0.415 e. The van der Waals surface area contributed by atoms with Crippen molar-refractivity contribution in [2.24, 2.45) is 0 Å². The van der Waals surface area contributed by atoms with Gasteiger partial charge in [-0.2, -0.15) is 0 Å². The van der Waals surface area contributed by atoms with Crippen LogP contribution in [0.5, 0.6) is 5.75 Å². The molecule has 3 rings (SSSR count). The van der Waals surface area contributed by atoms with E-state index in [1.54, 1.807) is 6.07 Å². The van der Waals surface area contributed by atoms with Crippen molar-refractivity contribution in [1.82, 2.24) is 0 Å². The van der Waals surface area contributed by atoms with Gasteiger partial charge < -0.3 is 9.47 Å². The Labute approximate surface area is 132 Å². The minimum atomic E-state index is -0.632. The van der Waals surface area contributed by atoms with E-state index in [9.17, 15) is 14.9 Å². The van der Waals surface area contributed by atoms with Crippen LogP contribution >= 0.6 is 0 Å². The summed E-state index contributed by atoms with van der Waals surface area (Å²) in [6, 6.07) is 13.7. The maximum atomic E-state index is 12.3. The number of benzene rings is 2. The molecule has 1 amide bonds. The summed E-state index contributed by atoms with van der Waals surface area (Å²) in [5, 5.41) is 11.2. The largest absolute Gasteiger partial charge is 0.489 e. The summed E-state index contributed by atoms with van der Waals surface area (Å²) >= 11 is 0. The van der Waals surface area contributed by atoms with Crippen LogP contribution in [0.25, 0.3) is 0 Å². The minimum absolute atomic E-state index is 0.104. The standard InChI is InChI=1S/C16H14N2O5/c19-16(23-11-12-5-2-1-3-6-12)17-9-10-22-14-8-4-7-13(15(14)17)18(20)21/h1-8H,9-11H2. The molecule has 0 radical (unpaired) electrons. The van der Waals surface area contributed by atoms with E-state index in [2.05, 4.69) is 0 Å². The van der Waals surface area contributed by atoms with Gasteiger partial charge in [0.2, 0.25) is 0 Å². The molecule has 0 unspecified atom stereocenters. The summed E-state index contributed by atoms with van der Waals surface area (Å²) in [5.41, 5.74) is 0.803. The molecule has 1 heterocycles. The number of nitro benzene ring substituents is 1. The van der Waals surface area contributed by atoms with Crippen LogP contribution in [0.1, 0.15) is 5.56 Å². The van der Waals surface area contributed by atoms with Gasteiger partial charge in [-0.15, -0.1) is 0 Å². The molecule has 7 nitrogen and oxygen atoms in total. The number of hydrogen-bond acceptors (Lipinski definition) is 5. The van der Waals surface area contributed by atoms with E-state index in [-0.39, 0.29) is 31.1 Å². The van der Waals surface area contributed by atoms with E-state index in [4.69, 9.17) is 9.47 Å². The molecule has 0 saturated carbocycles. The summed E-state index contributed by atoms with van der Waals surface area (Å²) in [6.07, 6.45) is -0.632. The Balaban J connectivity index is 1.82. The van der Waals surface area contributed by atoms with Crippen molar-refractivity contribution in [2.45, 2.75) is 6.61 Å². The predicted octanol–water partition coefficient (Wildman–Crippen LogP) is 3.13. The smallest absolute Gasteiger partial charge is 0.415 e. The number of anilines is 1. The molecule has 2 aromatic rings. The van der Waals surface area contributed by atoms with Crippen molar-refractivity contribution in [3.63, 3.8) is 0 Å². The highest BCUT2D eigenvalue weighted by Gasteiger charge is 2.32. The molecule has 7 heteroatoms. The van der Waals surface area contributed by atoms with Gasteiger partial charge in [0.25, 0.3) is 5.69 Å². The van der Waals surface area contributed by atoms with E-state index in [0.717, 1.165) is 5.56 Å². The third kappa shape index (κ3) is 3.08. The lowest BCUT2D eigenvalue weighted by Gasteiger charge is -2.28. The number of para-hydroxylation sites is 1. The first-order valence-corrected chi connectivity index (χ1v) is 7.05. The van der Waals surface area contributed by atoms with Crippen molar-refractivity contribution in [1.29, 1.82) is 0 Å². The lowest BCUT2D eigenvalue weighted by Crippen LogP contribution is -2.38. The Morgan fingerprint density at radius 2 is 2.00 bits per heavy atom. The van der Waals surface area contributed by atoms with Crippen molar-refractivity contribution >= 4 is 17.5 Å². The molecule has 2 aromatic carbocycles. The quantitative estimate of drug-likeness (QED) is 0.642. The minimum Gasteiger partial charge on any atom is -0.489 e. The molecule has 0 spiro atoms. The topological polar surface area (TPSA) is 81.9 Å². The zero-order chi connectivity index (χ0) is 16.2. The third-order valence-electron chi connectivity index (χ3n) is 3.44. The van der Waals surface area contributed by atoms with E-state index >= 15 is 0 Å². The van der Waals surface area contributed by atoms with Crippen molar-refractivity contribution in [2.75, 3.05) is 18.1 Å². The molecular formula is C16H14N2O5. The lowest BCUT2D eigenvalue weighted by molar-refractivity contribution is -0.384. The summed E-state index contributed by atoms with van der Waals surface area (Å²) < 4.78 is 10.7. The third-order valence-corrected chi connectivity index (χ3v) is 3.44. The fourth-order valence-electron chi connectivity index (χ4n) is 2.38.